The molecule has 15 heavy (non-hydrogen) atoms. The molecule has 0 saturated carbocycles. The Labute approximate surface area is 85.1 Å². The van der Waals surface area contributed by atoms with Crippen molar-refractivity contribution in [2.75, 3.05) is 0 Å². The van der Waals surface area contributed by atoms with Gasteiger partial charge >= 0.3 is 0 Å². The van der Waals surface area contributed by atoms with Gasteiger partial charge in [0.25, 0.3) is 5.56 Å². The quantitative estimate of drug-likeness (QED) is 0.731. The molecule has 0 aliphatic carbocycles. The van der Waals surface area contributed by atoms with Crippen molar-refractivity contribution >= 4 is 0 Å². The molecular weight excluding hydrogens is 192 g/mol. The maximum Gasteiger partial charge on any atom is 0.266 e. The van der Waals surface area contributed by atoms with Crippen LogP contribution in [0.3, 0.4) is 0 Å². The molecule has 0 atom stereocenters. The molecule has 5 heteroatoms. The van der Waals surface area contributed by atoms with Crippen molar-refractivity contribution in [3.63, 3.8) is 0 Å². The Morgan fingerprint density at radius 3 is 2.93 bits per heavy atom. The summed E-state index contributed by atoms with van der Waals surface area (Å²) in [7, 11) is 0. The number of pyridine rings is 1. The molecule has 0 aliphatic heterocycles. The van der Waals surface area contributed by atoms with Crippen LogP contribution < -0.4 is 5.56 Å². The van der Waals surface area contributed by atoms with Gasteiger partial charge in [-0.3, -0.25) is 14.8 Å². The summed E-state index contributed by atoms with van der Waals surface area (Å²) in [6.07, 6.45) is 6.03. The van der Waals surface area contributed by atoms with E-state index in [-0.39, 0.29) is 5.56 Å². The average Bonchev–Trinajstić information content (AvgIpc) is 2.30. The van der Waals surface area contributed by atoms with E-state index >= 15 is 0 Å². The zero-order valence-electron chi connectivity index (χ0n) is 7.64. The lowest BCUT2D eigenvalue weighted by molar-refractivity contribution is 1.17. The predicted octanol–water partition coefficient (Wildman–Crippen LogP) is 0.704. The van der Waals surface area contributed by atoms with Crippen LogP contribution in [0.4, 0.5) is 0 Å². The highest BCUT2D eigenvalue weighted by Crippen LogP contribution is 2.16. The highest BCUT2D eigenvalue weighted by molar-refractivity contribution is 5.65. The van der Waals surface area contributed by atoms with E-state index in [4.69, 9.17) is 5.26 Å². The van der Waals surface area contributed by atoms with Gasteiger partial charge < -0.3 is 4.98 Å². The van der Waals surface area contributed by atoms with Crippen LogP contribution in [-0.2, 0) is 0 Å². The minimum absolute atomic E-state index is 0.0537. The Bertz CT molecular complexity index is 568. The lowest BCUT2D eigenvalue weighted by Crippen LogP contribution is -2.10. The molecule has 0 amide bonds. The third-order valence-corrected chi connectivity index (χ3v) is 1.91. The summed E-state index contributed by atoms with van der Waals surface area (Å²) in [6, 6.07) is 3.48. The van der Waals surface area contributed by atoms with Crippen molar-refractivity contribution in [1.29, 1.82) is 5.26 Å². The molecule has 72 valence electrons. The van der Waals surface area contributed by atoms with E-state index in [1.165, 1.54) is 24.8 Å². The van der Waals surface area contributed by atoms with E-state index in [2.05, 4.69) is 15.0 Å². The summed E-state index contributed by atoms with van der Waals surface area (Å²) in [4.78, 5) is 21.7. The van der Waals surface area contributed by atoms with E-state index in [0.29, 0.717) is 11.3 Å². The summed E-state index contributed by atoms with van der Waals surface area (Å²) in [5.74, 6) is 0. The third kappa shape index (κ3) is 1.60. The average molecular weight is 198 g/mol. The molecule has 0 bridgehead atoms. The van der Waals surface area contributed by atoms with Gasteiger partial charge in [0.15, 0.2) is 0 Å². The molecule has 0 unspecified atom stereocenters. The molecule has 0 saturated heterocycles. The van der Waals surface area contributed by atoms with E-state index in [0.717, 1.165) is 0 Å². The van der Waals surface area contributed by atoms with Crippen LogP contribution in [0.2, 0.25) is 0 Å². The van der Waals surface area contributed by atoms with Gasteiger partial charge in [-0.05, 0) is 6.07 Å². The van der Waals surface area contributed by atoms with Gasteiger partial charge in [0.1, 0.15) is 11.6 Å². The number of aromatic nitrogens is 3. The van der Waals surface area contributed by atoms with Crippen LogP contribution in [0, 0.1) is 11.3 Å². The molecule has 1 N–H and O–H groups in total. The van der Waals surface area contributed by atoms with Crippen molar-refractivity contribution < 1.29 is 0 Å². The fourth-order valence-corrected chi connectivity index (χ4v) is 1.24. The van der Waals surface area contributed by atoms with Crippen molar-refractivity contribution in [2.45, 2.75) is 0 Å². The molecule has 0 radical (unpaired) electrons. The molecule has 2 heterocycles. The second-order valence-electron chi connectivity index (χ2n) is 2.80. The van der Waals surface area contributed by atoms with Gasteiger partial charge in [-0.15, -0.1) is 0 Å². The van der Waals surface area contributed by atoms with Crippen LogP contribution >= 0.6 is 0 Å². The lowest BCUT2D eigenvalue weighted by atomic mass is 10.1. The molecule has 0 spiro atoms. The first-order chi connectivity index (χ1) is 7.33. The van der Waals surface area contributed by atoms with Crippen molar-refractivity contribution in [3.05, 3.63) is 46.8 Å². The van der Waals surface area contributed by atoms with Gasteiger partial charge in [-0.1, -0.05) is 0 Å². The van der Waals surface area contributed by atoms with E-state index in [1.807, 2.05) is 6.07 Å². The molecule has 5 nitrogen and oxygen atoms in total. The van der Waals surface area contributed by atoms with Crippen molar-refractivity contribution in [2.24, 2.45) is 0 Å². The first-order valence-corrected chi connectivity index (χ1v) is 4.21. The van der Waals surface area contributed by atoms with Gasteiger partial charge in [0, 0.05) is 24.2 Å². The maximum atomic E-state index is 11.3. The third-order valence-electron chi connectivity index (χ3n) is 1.91. The smallest absolute Gasteiger partial charge is 0.266 e. The molecule has 2 rings (SSSR count). The Morgan fingerprint density at radius 1 is 1.40 bits per heavy atom. The van der Waals surface area contributed by atoms with E-state index < -0.39 is 5.56 Å². The summed E-state index contributed by atoms with van der Waals surface area (Å²) in [6.45, 7) is 0. The van der Waals surface area contributed by atoms with Crippen LogP contribution in [-0.4, -0.2) is 15.0 Å². The largest absolute Gasteiger partial charge is 0.328 e. The van der Waals surface area contributed by atoms with Gasteiger partial charge in [-0.2, -0.15) is 5.26 Å². The summed E-state index contributed by atoms with van der Waals surface area (Å²) in [5, 5.41) is 8.84. The minimum atomic E-state index is -0.416. The number of H-pyrrole nitrogens is 1. The first kappa shape index (κ1) is 9.09. The molecule has 0 fully saturated rings. The number of hydrogen-bond donors (Lipinski definition) is 1. The molecular formula is C10H6N4O. The van der Waals surface area contributed by atoms with Crippen molar-refractivity contribution in [1.82, 2.24) is 15.0 Å². The van der Waals surface area contributed by atoms with Crippen LogP contribution in [0.5, 0.6) is 0 Å². The molecule has 2 aromatic rings. The van der Waals surface area contributed by atoms with E-state index in [1.54, 1.807) is 6.07 Å². The first-order valence-electron chi connectivity index (χ1n) is 4.21. The number of aromatic amines is 1. The number of nitriles is 1. The van der Waals surface area contributed by atoms with Crippen LogP contribution in [0.15, 0.2) is 35.6 Å². The SMILES string of the molecule is N#Cc1c(-c2cnccn2)cc[nH]c1=O. The maximum absolute atomic E-state index is 11.3. The molecule has 0 aromatic carbocycles. The Kier molecular flexibility index (Phi) is 2.25. The van der Waals surface area contributed by atoms with Gasteiger partial charge in [-0.25, -0.2) is 0 Å². The summed E-state index contributed by atoms with van der Waals surface area (Å²) in [5.41, 5.74) is 0.646. The summed E-state index contributed by atoms with van der Waals surface area (Å²) >= 11 is 0. The number of nitrogens with one attached hydrogen (secondary N) is 1. The highest BCUT2D eigenvalue weighted by atomic mass is 16.1. The topological polar surface area (TPSA) is 82.4 Å². The normalized spacial score (nSPS) is 9.53. The van der Waals surface area contributed by atoms with Gasteiger partial charge in [0.05, 0.1) is 11.9 Å². The predicted molar refractivity (Wildman–Crippen MR) is 52.8 cm³/mol. The molecule has 0 aliphatic rings. The highest BCUT2D eigenvalue weighted by Gasteiger charge is 2.08. The monoisotopic (exact) mass is 198 g/mol. The Hall–Kier alpha value is -2.48. The minimum Gasteiger partial charge on any atom is -0.328 e. The lowest BCUT2D eigenvalue weighted by Gasteiger charge is -2.00. The zero-order valence-corrected chi connectivity index (χ0v) is 7.64. The molecule has 2 aromatic heterocycles. The number of rotatable bonds is 1. The van der Waals surface area contributed by atoms with Gasteiger partial charge in [0.2, 0.25) is 0 Å². The van der Waals surface area contributed by atoms with Crippen LogP contribution in [0.1, 0.15) is 5.56 Å². The number of nitrogens with zero attached hydrogens (tertiary/aromatic N) is 3. The fourth-order valence-electron chi connectivity index (χ4n) is 1.24. The van der Waals surface area contributed by atoms with Crippen molar-refractivity contribution in [3.8, 4) is 17.3 Å². The van der Waals surface area contributed by atoms with E-state index in [9.17, 15) is 4.79 Å². The summed E-state index contributed by atoms with van der Waals surface area (Å²) < 4.78 is 0. The Balaban J connectivity index is 2.70. The fraction of sp³-hybridized carbons (Fsp3) is 0. The standard InChI is InChI=1S/C10H6N4O/c11-5-8-7(1-2-14-10(8)15)9-6-12-3-4-13-9/h1-4,6H,(H,14,15). The number of hydrogen-bond acceptors (Lipinski definition) is 4. The Morgan fingerprint density at radius 2 is 2.27 bits per heavy atom. The second-order valence-corrected chi connectivity index (χ2v) is 2.80. The van der Waals surface area contributed by atoms with Crippen LogP contribution in [0.25, 0.3) is 11.3 Å². The second kappa shape index (κ2) is 3.72. The zero-order chi connectivity index (χ0) is 10.7.